The molecule has 0 saturated carbocycles. The first kappa shape index (κ1) is 19.5. The zero-order chi connectivity index (χ0) is 20.9. The Bertz CT molecular complexity index is 1080. The lowest BCUT2D eigenvalue weighted by Crippen LogP contribution is -2.28. The van der Waals surface area contributed by atoms with Crippen molar-refractivity contribution in [3.8, 4) is 0 Å². The van der Waals surface area contributed by atoms with Crippen molar-refractivity contribution < 1.29 is 14.4 Å². The standard InChI is InChI=1S/C24H21N3O3/c28-22(19-7-4-13-25-16-19)10-11-23(29)26-20-8-9-21-18(15-20)12-14-27(21)24(30)17-5-2-1-3-6-17/h1-9,13,15-16H,10-12,14H2,(H,26,29). The zero-order valence-corrected chi connectivity index (χ0v) is 16.4. The minimum atomic E-state index is -0.220. The molecule has 0 bridgehead atoms. The van der Waals surface area contributed by atoms with E-state index in [-0.39, 0.29) is 30.4 Å². The number of nitrogens with one attached hydrogen (secondary N) is 1. The fraction of sp³-hybridized carbons (Fsp3) is 0.167. The number of carbonyl (C=O) groups excluding carboxylic acids is 3. The van der Waals surface area contributed by atoms with Crippen molar-refractivity contribution in [2.24, 2.45) is 0 Å². The summed E-state index contributed by atoms with van der Waals surface area (Å²) in [7, 11) is 0. The fourth-order valence-corrected chi connectivity index (χ4v) is 3.55. The van der Waals surface area contributed by atoms with E-state index in [0.717, 1.165) is 17.7 Å². The number of hydrogen-bond donors (Lipinski definition) is 1. The predicted molar refractivity (Wildman–Crippen MR) is 115 cm³/mol. The van der Waals surface area contributed by atoms with Crippen LogP contribution in [0.25, 0.3) is 0 Å². The van der Waals surface area contributed by atoms with Crippen molar-refractivity contribution in [3.63, 3.8) is 0 Å². The van der Waals surface area contributed by atoms with Crippen molar-refractivity contribution in [1.29, 1.82) is 0 Å². The highest BCUT2D eigenvalue weighted by Gasteiger charge is 2.25. The number of amides is 2. The zero-order valence-electron chi connectivity index (χ0n) is 16.4. The van der Waals surface area contributed by atoms with E-state index < -0.39 is 0 Å². The molecule has 0 atom stereocenters. The lowest BCUT2D eigenvalue weighted by atomic mass is 10.1. The van der Waals surface area contributed by atoms with Gasteiger partial charge in [-0.3, -0.25) is 19.4 Å². The maximum atomic E-state index is 12.8. The third-order valence-electron chi connectivity index (χ3n) is 5.09. The molecule has 1 N–H and O–H groups in total. The Morgan fingerprint density at radius 1 is 0.933 bits per heavy atom. The van der Waals surface area contributed by atoms with Crippen LogP contribution in [0.2, 0.25) is 0 Å². The number of pyridine rings is 1. The van der Waals surface area contributed by atoms with Crippen molar-refractivity contribution in [3.05, 3.63) is 89.7 Å². The van der Waals surface area contributed by atoms with Gasteiger partial charge < -0.3 is 10.2 Å². The summed E-state index contributed by atoms with van der Waals surface area (Å²) in [6.45, 7) is 0.611. The fourth-order valence-electron chi connectivity index (χ4n) is 3.55. The van der Waals surface area contributed by atoms with Gasteiger partial charge in [0.05, 0.1) is 0 Å². The SMILES string of the molecule is O=C(CCC(=O)c1cccnc1)Nc1ccc2c(c1)CCN2C(=O)c1ccccc1. The van der Waals surface area contributed by atoms with Gasteiger partial charge in [-0.15, -0.1) is 0 Å². The third kappa shape index (κ3) is 4.27. The van der Waals surface area contributed by atoms with Crippen LogP contribution in [0, 0.1) is 0 Å². The first-order valence-corrected chi connectivity index (χ1v) is 9.85. The number of rotatable bonds is 6. The van der Waals surface area contributed by atoms with E-state index in [4.69, 9.17) is 0 Å². The van der Waals surface area contributed by atoms with Crippen LogP contribution in [-0.4, -0.2) is 29.1 Å². The number of Topliss-reactive ketones (excluding diaryl/α,β-unsaturated/α-hetero) is 1. The molecule has 4 rings (SSSR count). The summed E-state index contributed by atoms with van der Waals surface area (Å²) in [5, 5.41) is 2.84. The second-order valence-electron chi connectivity index (χ2n) is 7.13. The molecule has 2 aromatic carbocycles. The number of aromatic nitrogens is 1. The smallest absolute Gasteiger partial charge is 0.258 e. The minimum Gasteiger partial charge on any atom is -0.326 e. The Hall–Kier alpha value is -3.80. The molecule has 2 amide bonds. The minimum absolute atomic E-state index is 0.0277. The van der Waals surface area contributed by atoms with E-state index in [0.29, 0.717) is 23.4 Å². The maximum Gasteiger partial charge on any atom is 0.258 e. The monoisotopic (exact) mass is 399 g/mol. The molecule has 2 heterocycles. The van der Waals surface area contributed by atoms with Gasteiger partial charge in [-0.2, -0.15) is 0 Å². The summed E-state index contributed by atoms with van der Waals surface area (Å²) < 4.78 is 0. The van der Waals surface area contributed by atoms with Gasteiger partial charge >= 0.3 is 0 Å². The molecule has 1 aromatic heterocycles. The Labute approximate surface area is 174 Å². The Morgan fingerprint density at radius 2 is 1.73 bits per heavy atom. The molecule has 6 heteroatoms. The molecule has 0 saturated heterocycles. The van der Waals surface area contributed by atoms with E-state index in [1.807, 2.05) is 42.5 Å². The number of carbonyl (C=O) groups is 3. The van der Waals surface area contributed by atoms with E-state index in [9.17, 15) is 14.4 Å². The number of nitrogens with zero attached hydrogens (tertiary/aromatic N) is 2. The molecular formula is C24H21N3O3. The van der Waals surface area contributed by atoms with Crippen molar-refractivity contribution in [2.75, 3.05) is 16.8 Å². The van der Waals surface area contributed by atoms with Crippen molar-refractivity contribution in [1.82, 2.24) is 4.98 Å². The molecule has 0 spiro atoms. The lowest BCUT2D eigenvalue weighted by molar-refractivity contribution is -0.116. The number of benzene rings is 2. The van der Waals surface area contributed by atoms with Crippen LogP contribution < -0.4 is 10.2 Å². The molecule has 6 nitrogen and oxygen atoms in total. The van der Waals surface area contributed by atoms with Gasteiger partial charge in [0.15, 0.2) is 5.78 Å². The van der Waals surface area contributed by atoms with Crippen LogP contribution in [0.1, 0.15) is 39.1 Å². The Balaban J connectivity index is 1.37. The summed E-state index contributed by atoms with van der Waals surface area (Å²) in [5.74, 6) is -0.357. The molecule has 0 aliphatic carbocycles. The van der Waals surface area contributed by atoms with E-state index >= 15 is 0 Å². The normalized spacial score (nSPS) is 12.3. The maximum absolute atomic E-state index is 12.8. The largest absolute Gasteiger partial charge is 0.326 e. The van der Waals surface area contributed by atoms with Crippen LogP contribution in [-0.2, 0) is 11.2 Å². The highest BCUT2D eigenvalue weighted by Crippen LogP contribution is 2.31. The highest BCUT2D eigenvalue weighted by molar-refractivity contribution is 6.07. The van der Waals surface area contributed by atoms with Gasteiger partial charge in [-0.05, 0) is 54.4 Å². The quantitative estimate of drug-likeness (QED) is 0.638. The summed E-state index contributed by atoms with van der Waals surface area (Å²) in [4.78, 5) is 42.8. The molecule has 1 aliphatic heterocycles. The summed E-state index contributed by atoms with van der Waals surface area (Å²) in [6.07, 6.45) is 4.07. The lowest BCUT2D eigenvalue weighted by Gasteiger charge is -2.17. The summed E-state index contributed by atoms with van der Waals surface area (Å²) >= 11 is 0. The van der Waals surface area contributed by atoms with Crippen molar-refractivity contribution in [2.45, 2.75) is 19.3 Å². The van der Waals surface area contributed by atoms with Crippen LogP contribution in [0.4, 0.5) is 11.4 Å². The average Bonchev–Trinajstić information content (AvgIpc) is 3.21. The predicted octanol–water partition coefficient (Wildman–Crippen LogP) is 3.89. The molecule has 1 aliphatic rings. The number of hydrogen-bond acceptors (Lipinski definition) is 4. The first-order chi connectivity index (χ1) is 14.6. The van der Waals surface area contributed by atoms with E-state index in [1.54, 1.807) is 29.3 Å². The van der Waals surface area contributed by atoms with Crippen LogP contribution in [0.15, 0.2) is 73.1 Å². The van der Waals surface area contributed by atoms with Gasteiger partial charge in [0.1, 0.15) is 0 Å². The third-order valence-corrected chi connectivity index (χ3v) is 5.09. The summed E-state index contributed by atoms with van der Waals surface area (Å²) in [5.41, 5.74) is 3.71. The number of fused-ring (bicyclic) bond motifs is 1. The van der Waals surface area contributed by atoms with Gasteiger partial charge in [-0.1, -0.05) is 18.2 Å². The van der Waals surface area contributed by atoms with E-state index in [2.05, 4.69) is 10.3 Å². The Morgan fingerprint density at radius 3 is 2.50 bits per heavy atom. The molecule has 0 unspecified atom stereocenters. The molecular weight excluding hydrogens is 378 g/mol. The van der Waals surface area contributed by atoms with Gasteiger partial charge in [0.2, 0.25) is 5.91 Å². The van der Waals surface area contributed by atoms with Crippen molar-refractivity contribution >= 4 is 29.0 Å². The van der Waals surface area contributed by atoms with Crippen LogP contribution in [0.3, 0.4) is 0 Å². The first-order valence-electron chi connectivity index (χ1n) is 9.85. The van der Waals surface area contributed by atoms with E-state index in [1.165, 1.54) is 6.20 Å². The van der Waals surface area contributed by atoms with Crippen LogP contribution >= 0.6 is 0 Å². The summed E-state index contributed by atoms with van der Waals surface area (Å²) in [6, 6.07) is 18.1. The number of ketones is 1. The second-order valence-corrected chi connectivity index (χ2v) is 7.13. The van der Waals surface area contributed by atoms with Gasteiger partial charge in [0, 0.05) is 54.3 Å². The number of anilines is 2. The van der Waals surface area contributed by atoms with Crippen LogP contribution in [0.5, 0.6) is 0 Å². The topological polar surface area (TPSA) is 79.4 Å². The Kier molecular flexibility index (Phi) is 5.66. The molecule has 30 heavy (non-hydrogen) atoms. The second kappa shape index (κ2) is 8.69. The molecule has 0 radical (unpaired) electrons. The van der Waals surface area contributed by atoms with Gasteiger partial charge in [-0.25, -0.2) is 0 Å². The molecule has 150 valence electrons. The molecule has 0 fully saturated rings. The average molecular weight is 399 g/mol. The highest BCUT2D eigenvalue weighted by atomic mass is 16.2. The molecule has 3 aromatic rings. The van der Waals surface area contributed by atoms with Gasteiger partial charge in [0.25, 0.3) is 5.91 Å².